The quantitative estimate of drug-likeness (QED) is 0.450. The lowest BCUT2D eigenvalue weighted by Gasteiger charge is -2.26. The minimum Gasteiger partial charge on any atom is -0.462 e. The van der Waals surface area contributed by atoms with Crippen molar-refractivity contribution >= 4 is 33.2 Å². The number of nitrogens with one attached hydrogen (secondary N) is 1. The molecule has 0 atom stereocenters. The highest BCUT2D eigenvalue weighted by atomic mass is 32.2. The Kier molecular flexibility index (Phi) is 5.27. The van der Waals surface area contributed by atoms with Crippen molar-refractivity contribution in [3.05, 3.63) is 29.3 Å². The molecular weight excluding hydrogens is 374 g/mol. The first kappa shape index (κ1) is 19.0. The van der Waals surface area contributed by atoms with Crippen LogP contribution in [0.4, 0.5) is 5.69 Å². The van der Waals surface area contributed by atoms with Gasteiger partial charge in [0.2, 0.25) is 10.0 Å². The summed E-state index contributed by atoms with van der Waals surface area (Å²) >= 11 is 0. The molecule has 2 aliphatic rings. The van der Waals surface area contributed by atoms with Gasteiger partial charge in [0.1, 0.15) is 6.07 Å². The first-order chi connectivity index (χ1) is 12.9. The first-order valence-corrected chi connectivity index (χ1v) is 9.69. The Morgan fingerprint density at radius 1 is 1.37 bits per heavy atom. The molecule has 0 bridgehead atoms. The Bertz CT molecular complexity index is 971. The van der Waals surface area contributed by atoms with Crippen LogP contribution >= 0.6 is 0 Å². The third-order valence-corrected chi connectivity index (χ3v) is 6.08. The predicted molar refractivity (Wildman–Crippen MR) is 93.8 cm³/mol. The van der Waals surface area contributed by atoms with Crippen LogP contribution in [0.3, 0.4) is 0 Å². The second-order valence-electron chi connectivity index (χ2n) is 5.76. The summed E-state index contributed by atoms with van der Waals surface area (Å²) in [4.78, 5) is 24.3. The molecule has 2 aliphatic heterocycles. The van der Waals surface area contributed by atoms with Crippen LogP contribution in [-0.2, 0) is 29.1 Å². The van der Waals surface area contributed by atoms with E-state index in [2.05, 4.69) is 5.32 Å². The van der Waals surface area contributed by atoms with Gasteiger partial charge in [0.25, 0.3) is 5.91 Å². The van der Waals surface area contributed by atoms with Crippen LogP contribution in [0.15, 0.2) is 28.7 Å². The molecule has 0 radical (unpaired) electrons. The van der Waals surface area contributed by atoms with Gasteiger partial charge in [-0.05, 0) is 25.1 Å². The van der Waals surface area contributed by atoms with Gasteiger partial charge in [-0.2, -0.15) is 9.57 Å². The number of sulfonamides is 1. The summed E-state index contributed by atoms with van der Waals surface area (Å²) in [6, 6.07) is 5.80. The molecule has 9 nitrogen and oxygen atoms in total. The van der Waals surface area contributed by atoms with Crippen LogP contribution in [0.2, 0.25) is 0 Å². The van der Waals surface area contributed by atoms with E-state index in [1.165, 1.54) is 22.5 Å². The summed E-state index contributed by atoms with van der Waals surface area (Å²) < 4.78 is 37.0. The summed E-state index contributed by atoms with van der Waals surface area (Å²) in [5, 5.41) is 11.9. The molecule has 0 aliphatic carbocycles. The van der Waals surface area contributed by atoms with Crippen molar-refractivity contribution in [2.24, 2.45) is 0 Å². The average Bonchev–Trinajstić information content (AvgIpc) is 2.99. The maximum absolute atomic E-state index is 12.8. The van der Waals surface area contributed by atoms with Crippen LogP contribution < -0.4 is 5.32 Å². The molecule has 10 heteroatoms. The number of hydrogen-bond acceptors (Lipinski definition) is 7. The molecule has 1 aromatic rings. The predicted octanol–water partition coefficient (Wildman–Crippen LogP) is 0.500. The van der Waals surface area contributed by atoms with Crippen molar-refractivity contribution in [1.82, 2.24) is 4.31 Å². The van der Waals surface area contributed by atoms with Gasteiger partial charge in [0.15, 0.2) is 5.57 Å². The fourth-order valence-corrected chi connectivity index (χ4v) is 4.33. The van der Waals surface area contributed by atoms with E-state index in [1.54, 1.807) is 13.0 Å². The standard InChI is InChI=1S/C17H17N3O6S/c1-2-26-17(22)13(10-18)15-12-9-11(3-4-14(12)19-16(15)21)27(23,24)20-5-7-25-8-6-20/h3-4,9H,2,5-8H2,1H3,(H,19,21)/b15-13-. The number of morpholine rings is 1. The number of carbonyl (C=O) groups is 2. The van der Waals surface area contributed by atoms with Crippen LogP contribution in [0.1, 0.15) is 12.5 Å². The van der Waals surface area contributed by atoms with Gasteiger partial charge in [-0.1, -0.05) is 0 Å². The zero-order chi connectivity index (χ0) is 19.6. The van der Waals surface area contributed by atoms with E-state index in [9.17, 15) is 23.3 Å². The van der Waals surface area contributed by atoms with Gasteiger partial charge < -0.3 is 14.8 Å². The highest BCUT2D eigenvalue weighted by Gasteiger charge is 2.34. The molecule has 0 spiro atoms. The third kappa shape index (κ3) is 3.44. The molecule has 1 saturated heterocycles. The number of ether oxygens (including phenoxy) is 2. The molecule has 0 unspecified atom stereocenters. The normalized spacial score (nSPS) is 19.0. The molecule has 1 aromatic carbocycles. The van der Waals surface area contributed by atoms with Crippen molar-refractivity contribution in [3.63, 3.8) is 0 Å². The molecule has 1 N–H and O–H groups in total. The number of nitrogens with zero attached hydrogens (tertiary/aromatic N) is 2. The monoisotopic (exact) mass is 391 g/mol. The van der Waals surface area contributed by atoms with E-state index in [1.807, 2.05) is 0 Å². The Labute approximate surface area is 156 Å². The molecule has 0 saturated carbocycles. The fraction of sp³-hybridized carbons (Fsp3) is 0.353. The number of carbonyl (C=O) groups excluding carboxylic acids is 2. The third-order valence-electron chi connectivity index (χ3n) is 4.18. The van der Waals surface area contributed by atoms with E-state index in [4.69, 9.17) is 9.47 Å². The van der Waals surface area contributed by atoms with Crippen LogP contribution in [0.25, 0.3) is 5.57 Å². The Hall–Kier alpha value is -2.74. The SMILES string of the molecule is CCOC(=O)/C(C#N)=C1\C(=O)Nc2ccc(S(=O)(=O)N3CCOCC3)cc21. The second-order valence-corrected chi connectivity index (χ2v) is 7.70. The van der Waals surface area contributed by atoms with E-state index < -0.39 is 27.5 Å². The number of esters is 1. The maximum atomic E-state index is 12.8. The Morgan fingerprint density at radius 2 is 2.07 bits per heavy atom. The number of fused-ring (bicyclic) bond motifs is 1. The molecule has 142 valence electrons. The number of amides is 1. The van der Waals surface area contributed by atoms with Crippen molar-refractivity contribution in [2.45, 2.75) is 11.8 Å². The molecule has 1 fully saturated rings. The summed E-state index contributed by atoms with van der Waals surface area (Å²) in [6.07, 6.45) is 0. The smallest absolute Gasteiger partial charge is 0.349 e. The molecular formula is C17H17N3O6S. The van der Waals surface area contributed by atoms with Crippen LogP contribution in [0, 0.1) is 11.3 Å². The second kappa shape index (κ2) is 7.48. The van der Waals surface area contributed by atoms with Crippen molar-refractivity contribution in [1.29, 1.82) is 5.26 Å². The Balaban J connectivity index is 2.09. The topological polar surface area (TPSA) is 126 Å². The first-order valence-electron chi connectivity index (χ1n) is 8.25. The Morgan fingerprint density at radius 3 is 2.70 bits per heavy atom. The lowest BCUT2D eigenvalue weighted by atomic mass is 10.0. The lowest BCUT2D eigenvalue weighted by molar-refractivity contribution is -0.138. The maximum Gasteiger partial charge on any atom is 0.349 e. The van der Waals surface area contributed by atoms with Crippen molar-refractivity contribution in [3.8, 4) is 6.07 Å². The summed E-state index contributed by atoms with van der Waals surface area (Å²) in [5.41, 5.74) is -0.147. The summed E-state index contributed by atoms with van der Waals surface area (Å²) in [5.74, 6) is -1.59. The highest BCUT2D eigenvalue weighted by Crippen LogP contribution is 2.36. The minimum absolute atomic E-state index is 0.0294. The van der Waals surface area contributed by atoms with E-state index >= 15 is 0 Å². The van der Waals surface area contributed by atoms with Crippen molar-refractivity contribution in [2.75, 3.05) is 38.2 Å². The average molecular weight is 391 g/mol. The highest BCUT2D eigenvalue weighted by molar-refractivity contribution is 7.89. The number of nitriles is 1. The molecule has 2 heterocycles. The molecule has 3 rings (SSSR count). The van der Waals surface area contributed by atoms with Crippen molar-refractivity contribution < 1.29 is 27.5 Å². The molecule has 0 aromatic heterocycles. The van der Waals surface area contributed by atoms with Gasteiger partial charge in [-0.25, -0.2) is 13.2 Å². The van der Waals surface area contributed by atoms with E-state index in [0.717, 1.165) is 0 Å². The van der Waals surface area contributed by atoms with Gasteiger partial charge in [0, 0.05) is 24.3 Å². The summed E-state index contributed by atoms with van der Waals surface area (Å²) in [6.45, 7) is 2.68. The number of rotatable bonds is 4. The molecule has 27 heavy (non-hydrogen) atoms. The minimum atomic E-state index is -3.79. The number of hydrogen-bond donors (Lipinski definition) is 1. The number of benzene rings is 1. The van der Waals surface area contributed by atoms with Gasteiger partial charge in [-0.15, -0.1) is 0 Å². The van der Waals surface area contributed by atoms with Gasteiger partial charge >= 0.3 is 5.97 Å². The van der Waals surface area contributed by atoms with Crippen LogP contribution in [0.5, 0.6) is 0 Å². The van der Waals surface area contributed by atoms with Gasteiger partial charge in [0.05, 0.1) is 30.3 Å². The van der Waals surface area contributed by atoms with E-state index in [0.29, 0.717) is 18.9 Å². The zero-order valence-electron chi connectivity index (χ0n) is 14.5. The number of anilines is 1. The lowest BCUT2D eigenvalue weighted by Crippen LogP contribution is -2.40. The van der Waals surface area contributed by atoms with Crippen LogP contribution in [-0.4, -0.2) is 57.5 Å². The van der Waals surface area contributed by atoms with E-state index in [-0.39, 0.29) is 35.7 Å². The van der Waals surface area contributed by atoms with Gasteiger partial charge in [-0.3, -0.25) is 4.79 Å². The zero-order valence-corrected chi connectivity index (χ0v) is 15.3. The molecule has 1 amide bonds. The fourth-order valence-electron chi connectivity index (χ4n) is 2.90. The largest absolute Gasteiger partial charge is 0.462 e. The summed E-state index contributed by atoms with van der Waals surface area (Å²) in [7, 11) is -3.79.